The lowest BCUT2D eigenvalue weighted by molar-refractivity contribution is 0.0515. The molecule has 0 bridgehead atoms. The number of fused-ring (bicyclic) bond motifs is 1. The molecule has 4 rings (SSSR count). The van der Waals surface area contributed by atoms with Crippen molar-refractivity contribution in [3.05, 3.63) is 71.3 Å². The van der Waals surface area contributed by atoms with Crippen molar-refractivity contribution in [3.63, 3.8) is 0 Å². The maximum absolute atomic E-state index is 14.8. The van der Waals surface area contributed by atoms with Crippen molar-refractivity contribution in [3.8, 4) is 11.3 Å². The summed E-state index contributed by atoms with van der Waals surface area (Å²) >= 11 is 0. The molecule has 4 aromatic rings. The molecule has 0 radical (unpaired) electrons. The normalized spacial score (nSPS) is 10.9. The number of H-pyrrole nitrogens is 2. The number of hydrogen-bond donors (Lipinski definition) is 3. The fourth-order valence-corrected chi connectivity index (χ4v) is 3.27. The van der Waals surface area contributed by atoms with Gasteiger partial charge in [0.15, 0.2) is 17.3 Å². The molecule has 0 fully saturated rings. The first-order valence-corrected chi connectivity index (χ1v) is 9.70. The number of pyridine rings is 1. The van der Waals surface area contributed by atoms with Crippen LogP contribution < -0.4 is 5.32 Å². The Morgan fingerprint density at radius 3 is 2.68 bits per heavy atom. The summed E-state index contributed by atoms with van der Waals surface area (Å²) in [7, 11) is 0. The Hall–Kier alpha value is -4.01. The number of rotatable bonds is 6. The number of esters is 1. The summed E-state index contributed by atoms with van der Waals surface area (Å²) in [6.45, 7) is 3.93. The lowest BCUT2D eigenvalue weighted by Gasteiger charge is -2.02. The van der Waals surface area contributed by atoms with Crippen molar-refractivity contribution in [2.24, 2.45) is 0 Å². The van der Waals surface area contributed by atoms with Gasteiger partial charge in [-0.3, -0.25) is 9.78 Å². The number of halogens is 1. The largest absolute Gasteiger partial charge is 0.461 e. The summed E-state index contributed by atoms with van der Waals surface area (Å²) in [5, 5.41) is 3.04. The van der Waals surface area contributed by atoms with Crippen LogP contribution in [0.15, 0.2) is 42.7 Å². The number of nitrogens with zero attached hydrogens (tertiary/aromatic N) is 2. The van der Waals surface area contributed by atoms with Crippen LogP contribution in [0.2, 0.25) is 0 Å². The van der Waals surface area contributed by atoms with Gasteiger partial charge in [-0.05, 0) is 43.7 Å². The van der Waals surface area contributed by atoms with Gasteiger partial charge in [0, 0.05) is 41.1 Å². The van der Waals surface area contributed by atoms with E-state index in [-0.39, 0.29) is 29.4 Å². The molecule has 0 aliphatic rings. The average Bonchev–Trinajstić information content (AvgIpc) is 3.33. The number of ether oxygens (including phenoxy) is 1. The monoisotopic (exact) mass is 421 g/mol. The van der Waals surface area contributed by atoms with E-state index in [9.17, 15) is 14.0 Å². The highest BCUT2D eigenvalue weighted by Gasteiger charge is 2.21. The third-order valence-electron chi connectivity index (χ3n) is 4.79. The molecule has 31 heavy (non-hydrogen) atoms. The SMILES string of the molecule is CCOC(=O)c1[nH]c2ccc(-c3nc(C(=O)NCc4ccncc4)[nH]c3C)cc2c1F. The minimum atomic E-state index is -0.748. The Bertz CT molecular complexity index is 1260. The molecular formula is C22H20FN5O3. The van der Waals surface area contributed by atoms with E-state index in [4.69, 9.17) is 4.74 Å². The first-order valence-electron chi connectivity index (χ1n) is 9.70. The lowest BCUT2D eigenvalue weighted by atomic mass is 10.1. The van der Waals surface area contributed by atoms with Crippen LogP contribution in [0.1, 0.15) is 39.3 Å². The van der Waals surface area contributed by atoms with Crippen molar-refractivity contribution in [1.82, 2.24) is 25.3 Å². The van der Waals surface area contributed by atoms with Gasteiger partial charge in [-0.25, -0.2) is 14.2 Å². The van der Waals surface area contributed by atoms with E-state index in [0.29, 0.717) is 29.0 Å². The van der Waals surface area contributed by atoms with Gasteiger partial charge in [-0.1, -0.05) is 6.07 Å². The predicted molar refractivity (Wildman–Crippen MR) is 112 cm³/mol. The molecule has 0 saturated carbocycles. The van der Waals surface area contributed by atoms with Gasteiger partial charge in [-0.2, -0.15) is 0 Å². The van der Waals surface area contributed by atoms with Crippen LogP contribution >= 0.6 is 0 Å². The van der Waals surface area contributed by atoms with E-state index in [2.05, 4.69) is 25.3 Å². The number of amides is 1. The Morgan fingerprint density at radius 2 is 1.94 bits per heavy atom. The summed E-state index contributed by atoms with van der Waals surface area (Å²) in [6, 6.07) is 8.61. The van der Waals surface area contributed by atoms with Gasteiger partial charge < -0.3 is 20.0 Å². The first kappa shape index (κ1) is 20.3. The molecule has 0 unspecified atom stereocenters. The standard InChI is InChI=1S/C22H20FN5O3/c1-3-31-22(30)19-17(23)15-10-14(4-5-16(15)27-19)18-12(2)26-20(28-18)21(29)25-11-13-6-8-24-9-7-13/h4-10,27H,3,11H2,1-2H3,(H,25,29)(H,26,28). The number of aromatic nitrogens is 4. The molecule has 8 nitrogen and oxygen atoms in total. The highest BCUT2D eigenvalue weighted by atomic mass is 19.1. The third-order valence-corrected chi connectivity index (χ3v) is 4.79. The van der Waals surface area contributed by atoms with Gasteiger partial charge in [0.2, 0.25) is 0 Å². The van der Waals surface area contributed by atoms with Crippen LogP contribution in [0, 0.1) is 12.7 Å². The zero-order valence-electron chi connectivity index (χ0n) is 17.0. The van der Waals surface area contributed by atoms with Crippen LogP contribution in [-0.2, 0) is 11.3 Å². The number of carbonyl (C=O) groups excluding carboxylic acids is 2. The first-order chi connectivity index (χ1) is 15.0. The quantitative estimate of drug-likeness (QED) is 0.413. The number of aryl methyl sites for hydroxylation is 1. The molecule has 0 aliphatic carbocycles. The van der Waals surface area contributed by atoms with Crippen molar-refractivity contribution < 1.29 is 18.7 Å². The fraction of sp³-hybridized carbons (Fsp3) is 0.182. The number of imidazole rings is 1. The maximum Gasteiger partial charge on any atom is 0.357 e. The van der Waals surface area contributed by atoms with Gasteiger partial charge in [-0.15, -0.1) is 0 Å². The second kappa shape index (κ2) is 8.39. The molecule has 1 amide bonds. The number of carbonyl (C=O) groups is 2. The highest BCUT2D eigenvalue weighted by Crippen LogP contribution is 2.28. The summed E-state index contributed by atoms with van der Waals surface area (Å²) in [5.74, 6) is -1.63. The van der Waals surface area contributed by atoms with Crippen LogP contribution in [0.4, 0.5) is 4.39 Å². The zero-order valence-corrected chi connectivity index (χ0v) is 17.0. The smallest absolute Gasteiger partial charge is 0.357 e. The van der Waals surface area contributed by atoms with Crippen LogP contribution in [-0.4, -0.2) is 38.4 Å². The highest BCUT2D eigenvalue weighted by molar-refractivity contribution is 5.97. The summed E-state index contributed by atoms with van der Waals surface area (Å²) in [5.41, 5.74) is 2.96. The minimum absolute atomic E-state index is 0.150. The maximum atomic E-state index is 14.8. The lowest BCUT2D eigenvalue weighted by Crippen LogP contribution is -2.24. The van der Waals surface area contributed by atoms with E-state index in [0.717, 1.165) is 5.56 Å². The van der Waals surface area contributed by atoms with E-state index in [1.54, 1.807) is 44.4 Å². The van der Waals surface area contributed by atoms with E-state index >= 15 is 0 Å². The molecular weight excluding hydrogens is 401 g/mol. The summed E-state index contributed by atoms with van der Waals surface area (Å²) in [4.78, 5) is 38.5. The Labute approximate surface area is 176 Å². The van der Waals surface area contributed by atoms with Crippen LogP contribution in [0.3, 0.4) is 0 Å². The van der Waals surface area contributed by atoms with Crippen molar-refractivity contribution in [2.75, 3.05) is 6.61 Å². The van der Waals surface area contributed by atoms with E-state index in [1.807, 2.05) is 12.1 Å². The number of hydrogen-bond acceptors (Lipinski definition) is 5. The van der Waals surface area contributed by atoms with Gasteiger partial charge >= 0.3 is 5.97 Å². The number of aromatic amines is 2. The Balaban J connectivity index is 1.59. The van der Waals surface area contributed by atoms with Crippen molar-refractivity contribution in [2.45, 2.75) is 20.4 Å². The Morgan fingerprint density at radius 1 is 1.16 bits per heavy atom. The van der Waals surface area contributed by atoms with Crippen LogP contribution in [0.25, 0.3) is 22.2 Å². The molecule has 158 valence electrons. The molecule has 3 aromatic heterocycles. The van der Waals surface area contributed by atoms with Crippen molar-refractivity contribution >= 4 is 22.8 Å². The molecule has 3 N–H and O–H groups in total. The average molecular weight is 421 g/mol. The number of benzene rings is 1. The second-order valence-corrected chi connectivity index (χ2v) is 6.89. The summed E-state index contributed by atoms with van der Waals surface area (Å²) in [6.07, 6.45) is 3.31. The molecule has 0 aliphatic heterocycles. The second-order valence-electron chi connectivity index (χ2n) is 6.89. The molecule has 1 aromatic carbocycles. The fourth-order valence-electron chi connectivity index (χ4n) is 3.27. The molecule has 9 heteroatoms. The number of nitrogens with one attached hydrogen (secondary N) is 3. The zero-order chi connectivity index (χ0) is 22.0. The Kier molecular flexibility index (Phi) is 5.48. The summed E-state index contributed by atoms with van der Waals surface area (Å²) < 4.78 is 19.6. The predicted octanol–water partition coefficient (Wildman–Crippen LogP) is 3.51. The van der Waals surface area contributed by atoms with Gasteiger partial charge in [0.05, 0.1) is 12.3 Å². The third kappa shape index (κ3) is 4.02. The molecule has 3 heterocycles. The molecule has 0 spiro atoms. The topological polar surface area (TPSA) is 113 Å². The van der Waals surface area contributed by atoms with E-state index < -0.39 is 11.8 Å². The van der Waals surface area contributed by atoms with Gasteiger partial charge in [0.1, 0.15) is 0 Å². The van der Waals surface area contributed by atoms with E-state index in [1.165, 1.54) is 0 Å². The van der Waals surface area contributed by atoms with Crippen molar-refractivity contribution in [1.29, 1.82) is 0 Å². The molecule has 0 atom stereocenters. The minimum Gasteiger partial charge on any atom is -0.461 e. The molecule has 0 saturated heterocycles. The van der Waals surface area contributed by atoms with Gasteiger partial charge in [0.25, 0.3) is 5.91 Å². The van der Waals surface area contributed by atoms with Crippen LogP contribution in [0.5, 0.6) is 0 Å².